The predicted molar refractivity (Wildman–Crippen MR) is 107 cm³/mol. The van der Waals surface area contributed by atoms with Crippen molar-refractivity contribution >= 4 is 5.91 Å². The van der Waals surface area contributed by atoms with E-state index in [0.717, 1.165) is 43.5 Å². The minimum Gasteiger partial charge on any atom is -0.505 e. The maximum Gasteiger partial charge on any atom is 0.263 e. The molecule has 2 aromatic rings. The Balaban J connectivity index is 1.32. The monoisotopic (exact) mass is 418 g/mol. The standard InChI is InChI=1S/C23H25F3N2O2/c24-19-13-18(5-6-21(19)29)16-7-10-27(11-8-16)20-9-12-28(23(20)30)14-15-1-3-17(4-2-15)22(25)26/h1-6,13,16,20,22,29H,7-12,14H2/t20-/m1/s1. The number of nitrogens with zero attached hydrogens (tertiary/aromatic N) is 2. The smallest absolute Gasteiger partial charge is 0.263 e. The van der Waals surface area contributed by atoms with E-state index in [9.17, 15) is 23.1 Å². The van der Waals surface area contributed by atoms with E-state index in [1.165, 1.54) is 24.3 Å². The van der Waals surface area contributed by atoms with Gasteiger partial charge in [0.25, 0.3) is 6.43 Å². The number of amides is 1. The molecule has 30 heavy (non-hydrogen) atoms. The summed E-state index contributed by atoms with van der Waals surface area (Å²) in [6, 6.07) is 10.5. The molecule has 0 bridgehead atoms. The average molecular weight is 418 g/mol. The highest BCUT2D eigenvalue weighted by molar-refractivity contribution is 5.84. The van der Waals surface area contributed by atoms with Crippen LogP contribution in [0, 0.1) is 5.82 Å². The van der Waals surface area contributed by atoms with Crippen LogP contribution in [0.4, 0.5) is 13.2 Å². The summed E-state index contributed by atoms with van der Waals surface area (Å²) < 4.78 is 39.0. The Morgan fingerprint density at radius 1 is 1.00 bits per heavy atom. The Morgan fingerprint density at radius 3 is 2.33 bits per heavy atom. The fourth-order valence-corrected chi connectivity index (χ4v) is 4.53. The average Bonchev–Trinajstić information content (AvgIpc) is 3.11. The zero-order valence-corrected chi connectivity index (χ0v) is 16.6. The highest BCUT2D eigenvalue weighted by atomic mass is 19.3. The van der Waals surface area contributed by atoms with Crippen LogP contribution >= 0.6 is 0 Å². The Morgan fingerprint density at radius 2 is 1.70 bits per heavy atom. The minimum absolute atomic E-state index is 0.0132. The molecule has 4 nitrogen and oxygen atoms in total. The van der Waals surface area contributed by atoms with Gasteiger partial charge in [-0.15, -0.1) is 0 Å². The van der Waals surface area contributed by atoms with Crippen LogP contribution in [0.5, 0.6) is 5.75 Å². The fraction of sp³-hybridized carbons (Fsp3) is 0.435. The van der Waals surface area contributed by atoms with E-state index in [1.54, 1.807) is 23.1 Å². The lowest BCUT2D eigenvalue weighted by Gasteiger charge is -2.35. The van der Waals surface area contributed by atoms with Gasteiger partial charge in [-0.05, 0) is 61.5 Å². The number of carbonyl (C=O) groups is 1. The largest absolute Gasteiger partial charge is 0.505 e. The van der Waals surface area contributed by atoms with Gasteiger partial charge in [0.1, 0.15) is 0 Å². The van der Waals surface area contributed by atoms with E-state index in [4.69, 9.17) is 0 Å². The molecule has 160 valence electrons. The second-order valence-corrected chi connectivity index (χ2v) is 8.13. The molecule has 2 heterocycles. The van der Waals surface area contributed by atoms with Crippen molar-refractivity contribution in [2.24, 2.45) is 0 Å². The first-order valence-corrected chi connectivity index (χ1v) is 10.3. The van der Waals surface area contributed by atoms with Crippen LogP contribution < -0.4 is 0 Å². The van der Waals surface area contributed by atoms with Crippen LogP contribution in [0.1, 0.15) is 48.3 Å². The number of phenols is 1. The number of piperidine rings is 1. The first kappa shape index (κ1) is 20.7. The lowest BCUT2D eigenvalue weighted by Crippen LogP contribution is -2.45. The number of hydrogen-bond acceptors (Lipinski definition) is 3. The van der Waals surface area contributed by atoms with Gasteiger partial charge in [-0.3, -0.25) is 9.69 Å². The number of rotatable bonds is 5. The molecule has 2 fully saturated rings. The summed E-state index contributed by atoms with van der Waals surface area (Å²) in [6.07, 6.45) is -0.0589. The van der Waals surface area contributed by atoms with Crippen LogP contribution in [-0.4, -0.2) is 46.5 Å². The van der Waals surface area contributed by atoms with Crippen molar-refractivity contribution in [3.05, 3.63) is 65.0 Å². The van der Waals surface area contributed by atoms with Crippen LogP contribution in [0.3, 0.4) is 0 Å². The summed E-state index contributed by atoms with van der Waals surface area (Å²) in [6.45, 7) is 2.62. The van der Waals surface area contributed by atoms with Gasteiger partial charge in [-0.2, -0.15) is 0 Å². The van der Waals surface area contributed by atoms with Gasteiger partial charge in [-0.25, -0.2) is 13.2 Å². The molecule has 4 rings (SSSR count). The Bertz CT molecular complexity index is 896. The Kier molecular flexibility index (Phi) is 5.99. The first-order valence-electron chi connectivity index (χ1n) is 10.3. The molecule has 0 spiro atoms. The molecule has 0 unspecified atom stereocenters. The topological polar surface area (TPSA) is 43.8 Å². The molecule has 1 N–H and O–H groups in total. The molecule has 0 radical (unpaired) electrons. The third-order valence-corrected chi connectivity index (χ3v) is 6.29. The zero-order valence-electron chi connectivity index (χ0n) is 16.6. The second kappa shape index (κ2) is 8.68. The fourth-order valence-electron chi connectivity index (χ4n) is 4.53. The minimum atomic E-state index is -2.49. The molecule has 2 aliphatic rings. The maximum atomic E-state index is 13.6. The molecular weight excluding hydrogens is 393 g/mol. The van der Waals surface area contributed by atoms with Gasteiger partial charge in [-0.1, -0.05) is 30.3 Å². The van der Waals surface area contributed by atoms with E-state index < -0.39 is 12.2 Å². The lowest BCUT2D eigenvalue weighted by atomic mass is 9.88. The molecule has 0 saturated carbocycles. The van der Waals surface area contributed by atoms with Crippen LogP contribution in [0.15, 0.2) is 42.5 Å². The molecule has 2 aliphatic heterocycles. The number of likely N-dealkylation sites (tertiary alicyclic amines) is 2. The summed E-state index contributed by atoms with van der Waals surface area (Å²) in [4.78, 5) is 16.9. The molecule has 2 saturated heterocycles. The molecular formula is C23H25F3N2O2. The van der Waals surface area contributed by atoms with E-state index in [-0.39, 0.29) is 29.2 Å². The van der Waals surface area contributed by atoms with E-state index in [1.807, 2.05) is 0 Å². The Hall–Kier alpha value is -2.54. The van der Waals surface area contributed by atoms with Gasteiger partial charge in [0.2, 0.25) is 5.91 Å². The van der Waals surface area contributed by atoms with Crippen LogP contribution in [0.2, 0.25) is 0 Å². The van der Waals surface area contributed by atoms with Gasteiger partial charge in [0.05, 0.1) is 6.04 Å². The summed E-state index contributed by atoms with van der Waals surface area (Å²) in [5.74, 6) is -0.630. The third kappa shape index (κ3) is 4.31. The van der Waals surface area contributed by atoms with Crippen LogP contribution in [-0.2, 0) is 11.3 Å². The molecule has 7 heteroatoms. The van der Waals surface area contributed by atoms with Gasteiger partial charge in [0.15, 0.2) is 11.6 Å². The van der Waals surface area contributed by atoms with Crippen molar-refractivity contribution < 1.29 is 23.1 Å². The molecule has 1 amide bonds. The van der Waals surface area contributed by atoms with E-state index in [2.05, 4.69) is 4.90 Å². The summed E-state index contributed by atoms with van der Waals surface area (Å²) in [5.41, 5.74) is 1.72. The molecule has 0 aliphatic carbocycles. The van der Waals surface area contributed by atoms with Gasteiger partial charge in [0, 0.05) is 18.7 Å². The van der Waals surface area contributed by atoms with Crippen molar-refractivity contribution in [2.75, 3.05) is 19.6 Å². The normalized spacial score (nSPS) is 21.0. The quantitative estimate of drug-likeness (QED) is 0.780. The summed E-state index contributed by atoms with van der Waals surface area (Å²) >= 11 is 0. The van der Waals surface area contributed by atoms with Gasteiger partial charge < -0.3 is 10.0 Å². The highest BCUT2D eigenvalue weighted by Gasteiger charge is 2.37. The van der Waals surface area contributed by atoms with Crippen molar-refractivity contribution in [1.82, 2.24) is 9.80 Å². The Labute approximate surface area is 173 Å². The number of benzene rings is 2. The van der Waals surface area contributed by atoms with Crippen molar-refractivity contribution in [3.63, 3.8) is 0 Å². The number of alkyl halides is 2. The lowest BCUT2D eigenvalue weighted by molar-refractivity contribution is -0.133. The van der Waals surface area contributed by atoms with Crippen molar-refractivity contribution in [2.45, 2.75) is 44.2 Å². The van der Waals surface area contributed by atoms with Crippen molar-refractivity contribution in [3.8, 4) is 5.75 Å². The van der Waals surface area contributed by atoms with E-state index >= 15 is 0 Å². The summed E-state index contributed by atoms with van der Waals surface area (Å²) in [7, 11) is 0. The molecule has 0 aromatic heterocycles. The SMILES string of the molecule is O=C1[C@H](N2CCC(c3ccc(O)c(F)c3)CC2)CCN1Cc1ccc(C(F)F)cc1. The molecule has 2 aromatic carbocycles. The summed E-state index contributed by atoms with van der Waals surface area (Å²) in [5, 5.41) is 9.37. The predicted octanol–water partition coefficient (Wildman–Crippen LogP) is 4.45. The van der Waals surface area contributed by atoms with Crippen molar-refractivity contribution in [1.29, 1.82) is 0 Å². The maximum absolute atomic E-state index is 13.6. The van der Waals surface area contributed by atoms with Crippen LogP contribution in [0.25, 0.3) is 0 Å². The third-order valence-electron chi connectivity index (χ3n) is 6.29. The number of carbonyl (C=O) groups excluding carboxylic acids is 1. The highest BCUT2D eigenvalue weighted by Crippen LogP contribution is 2.32. The number of halogens is 3. The first-order chi connectivity index (χ1) is 14.4. The molecule has 1 atom stereocenters. The second-order valence-electron chi connectivity index (χ2n) is 8.13. The van der Waals surface area contributed by atoms with Gasteiger partial charge >= 0.3 is 0 Å². The van der Waals surface area contributed by atoms with E-state index in [0.29, 0.717) is 13.1 Å². The zero-order chi connectivity index (χ0) is 21.3. The number of phenolic OH excluding ortho intramolecular Hbond substituents is 1. The number of hydrogen-bond donors (Lipinski definition) is 1. The number of aromatic hydroxyl groups is 1.